The van der Waals surface area contributed by atoms with Crippen LogP contribution in [0.2, 0.25) is 0 Å². The molecule has 3 aromatic carbocycles. The van der Waals surface area contributed by atoms with E-state index in [2.05, 4.69) is 80.6 Å². The largest absolute Gasteiger partial charge is 0.457 e. The first-order valence-corrected chi connectivity index (χ1v) is 7.63. The highest BCUT2D eigenvalue weighted by Gasteiger charge is 2.39. The SMILES string of the molecule is Cc1ccc2c(c1)C(C)(c1ccccc1)c1ccccc1O2. The van der Waals surface area contributed by atoms with Gasteiger partial charge in [0.05, 0.1) is 0 Å². The smallest absolute Gasteiger partial charge is 0.131 e. The molecule has 3 aromatic rings. The van der Waals surface area contributed by atoms with Crippen LogP contribution in [0.1, 0.15) is 29.2 Å². The number of fused-ring (bicyclic) bond motifs is 2. The number of para-hydroxylation sites is 1. The Labute approximate surface area is 131 Å². The van der Waals surface area contributed by atoms with Crippen LogP contribution in [0.4, 0.5) is 0 Å². The monoisotopic (exact) mass is 286 g/mol. The summed E-state index contributed by atoms with van der Waals surface area (Å²) in [7, 11) is 0. The number of hydrogen-bond donors (Lipinski definition) is 0. The van der Waals surface area contributed by atoms with E-state index < -0.39 is 0 Å². The molecule has 0 saturated carbocycles. The Hall–Kier alpha value is -2.54. The summed E-state index contributed by atoms with van der Waals surface area (Å²) in [5, 5.41) is 0. The van der Waals surface area contributed by atoms with Crippen molar-refractivity contribution in [3.63, 3.8) is 0 Å². The quantitative estimate of drug-likeness (QED) is 0.577. The molecule has 1 aliphatic rings. The van der Waals surface area contributed by atoms with Crippen LogP contribution in [0.5, 0.6) is 11.5 Å². The van der Waals surface area contributed by atoms with Crippen LogP contribution in [0.25, 0.3) is 0 Å². The van der Waals surface area contributed by atoms with E-state index in [1.54, 1.807) is 0 Å². The van der Waals surface area contributed by atoms with Gasteiger partial charge in [0.1, 0.15) is 11.5 Å². The summed E-state index contributed by atoms with van der Waals surface area (Å²) in [6.07, 6.45) is 0. The first-order chi connectivity index (χ1) is 10.7. The predicted octanol–water partition coefficient (Wildman–Crippen LogP) is 5.46. The van der Waals surface area contributed by atoms with Gasteiger partial charge in [-0.05, 0) is 31.5 Å². The van der Waals surface area contributed by atoms with Crippen molar-refractivity contribution in [2.75, 3.05) is 0 Å². The topological polar surface area (TPSA) is 9.23 Å². The second-order valence-corrected chi connectivity index (χ2v) is 6.09. The molecule has 0 saturated heterocycles. The molecular weight excluding hydrogens is 268 g/mol. The van der Waals surface area contributed by atoms with Crippen LogP contribution in [0.3, 0.4) is 0 Å². The van der Waals surface area contributed by atoms with E-state index in [-0.39, 0.29) is 5.41 Å². The average Bonchev–Trinajstić information content (AvgIpc) is 2.57. The first kappa shape index (κ1) is 13.1. The maximum Gasteiger partial charge on any atom is 0.131 e. The van der Waals surface area contributed by atoms with Crippen LogP contribution in [-0.2, 0) is 5.41 Å². The molecule has 0 amide bonds. The third-order valence-corrected chi connectivity index (χ3v) is 4.67. The summed E-state index contributed by atoms with van der Waals surface area (Å²) in [6.45, 7) is 4.42. The molecule has 1 heteroatoms. The van der Waals surface area contributed by atoms with Gasteiger partial charge >= 0.3 is 0 Å². The highest BCUT2D eigenvalue weighted by atomic mass is 16.5. The molecule has 0 spiro atoms. The van der Waals surface area contributed by atoms with Gasteiger partial charge in [-0.1, -0.05) is 66.2 Å². The van der Waals surface area contributed by atoms with Crippen LogP contribution in [-0.4, -0.2) is 0 Å². The minimum atomic E-state index is -0.197. The van der Waals surface area contributed by atoms with Crippen LogP contribution in [0, 0.1) is 6.92 Å². The van der Waals surface area contributed by atoms with Crippen molar-refractivity contribution in [2.24, 2.45) is 0 Å². The summed E-state index contributed by atoms with van der Waals surface area (Å²) in [5.74, 6) is 1.90. The lowest BCUT2D eigenvalue weighted by Gasteiger charge is -2.38. The van der Waals surface area contributed by atoms with Gasteiger partial charge in [0.15, 0.2) is 0 Å². The molecule has 1 unspecified atom stereocenters. The number of hydrogen-bond acceptors (Lipinski definition) is 1. The maximum absolute atomic E-state index is 6.15. The summed E-state index contributed by atoms with van der Waals surface area (Å²) < 4.78 is 6.15. The zero-order valence-corrected chi connectivity index (χ0v) is 12.8. The molecule has 0 aromatic heterocycles. The van der Waals surface area contributed by atoms with Gasteiger partial charge in [-0.15, -0.1) is 0 Å². The van der Waals surface area contributed by atoms with Crippen molar-refractivity contribution in [3.8, 4) is 11.5 Å². The highest BCUT2D eigenvalue weighted by Crippen LogP contribution is 2.51. The Balaban J connectivity index is 2.07. The Bertz CT molecular complexity index is 836. The molecule has 0 aliphatic carbocycles. The molecule has 0 N–H and O–H groups in total. The Kier molecular flexibility index (Phi) is 2.83. The Morgan fingerprint density at radius 3 is 2.23 bits per heavy atom. The van der Waals surface area contributed by atoms with Crippen molar-refractivity contribution in [3.05, 3.63) is 95.1 Å². The summed E-state index contributed by atoms with van der Waals surface area (Å²) in [6, 6.07) is 25.5. The van der Waals surface area contributed by atoms with E-state index >= 15 is 0 Å². The predicted molar refractivity (Wildman–Crippen MR) is 89.7 cm³/mol. The molecule has 0 fully saturated rings. The van der Waals surface area contributed by atoms with E-state index in [9.17, 15) is 0 Å². The van der Waals surface area contributed by atoms with E-state index in [4.69, 9.17) is 4.74 Å². The first-order valence-electron chi connectivity index (χ1n) is 7.63. The van der Waals surface area contributed by atoms with Crippen molar-refractivity contribution < 1.29 is 4.74 Å². The van der Waals surface area contributed by atoms with Gasteiger partial charge in [-0.2, -0.15) is 0 Å². The highest BCUT2D eigenvalue weighted by molar-refractivity contribution is 5.62. The molecule has 1 aliphatic heterocycles. The molecule has 1 atom stereocenters. The van der Waals surface area contributed by atoms with Gasteiger partial charge in [0.25, 0.3) is 0 Å². The average molecular weight is 286 g/mol. The maximum atomic E-state index is 6.15. The minimum absolute atomic E-state index is 0.197. The lowest BCUT2D eigenvalue weighted by Crippen LogP contribution is -2.29. The lowest BCUT2D eigenvalue weighted by molar-refractivity contribution is 0.427. The van der Waals surface area contributed by atoms with Crippen molar-refractivity contribution in [1.29, 1.82) is 0 Å². The summed E-state index contributed by atoms with van der Waals surface area (Å²) in [4.78, 5) is 0. The van der Waals surface area contributed by atoms with Gasteiger partial charge < -0.3 is 4.74 Å². The second-order valence-electron chi connectivity index (χ2n) is 6.09. The van der Waals surface area contributed by atoms with Crippen molar-refractivity contribution in [1.82, 2.24) is 0 Å². The Morgan fingerprint density at radius 2 is 1.41 bits per heavy atom. The number of rotatable bonds is 1. The molecule has 108 valence electrons. The van der Waals surface area contributed by atoms with E-state index in [1.807, 2.05) is 6.07 Å². The molecule has 4 rings (SSSR count). The molecule has 22 heavy (non-hydrogen) atoms. The summed E-state index contributed by atoms with van der Waals surface area (Å²) in [5.41, 5.74) is 4.80. The normalized spacial score (nSPS) is 19.0. The third-order valence-electron chi connectivity index (χ3n) is 4.67. The van der Waals surface area contributed by atoms with Gasteiger partial charge in [0.2, 0.25) is 0 Å². The van der Waals surface area contributed by atoms with Crippen LogP contribution < -0.4 is 4.74 Å². The molecular formula is C21H18O. The molecule has 1 heterocycles. The Morgan fingerprint density at radius 1 is 0.727 bits per heavy atom. The second kappa shape index (κ2) is 4.74. The molecule has 0 radical (unpaired) electrons. The molecule has 0 bridgehead atoms. The van der Waals surface area contributed by atoms with Crippen LogP contribution in [0.15, 0.2) is 72.8 Å². The summed E-state index contributed by atoms with van der Waals surface area (Å²) >= 11 is 0. The third kappa shape index (κ3) is 1.79. The van der Waals surface area contributed by atoms with Gasteiger partial charge in [-0.3, -0.25) is 0 Å². The van der Waals surface area contributed by atoms with Crippen LogP contribution >= 0.6 is 0 Å². The van der Waals surface area contributed by atoms with E-state index in [1.165, 1.54) is 22.3 Å². The zero-order valence-electron chi connectivity index (χ0n) is 12.8. The van der Waals surface area contributed by atoms with E-state index in [0.29, 0.717) is 0 Å². The fraction of sp³-hybridized carbons (Fsp3) is 0.143. The number of aryl methyl sites for hydroxylation is 1. The fourth-order valence-corrected chi connectivity index (χ4v) is 3.44. The standard InChI is InChI=1S/C21H18O/c1-15-12-13-20-18(14-15)21(2,16-8-4-3-5-9-16)17-10-6-7-11-19(17)22-20/h3-14H,1-2H3. The molecule has 1 nitrogen and oxygen atoms in total. The van der Waals surface area contributed by atoms with Crippen molar-refractivity contribution in [2.45, 2.75) is 19.3 Å². The van der Waals surface area contributed by atoms with Gasteiger partial charge in [0, 0.05) is 16.5 Å². The zero-order chi connectivity index (χ0) is 15.2. The fourth-order valence-electron chi connectivity index (χ4n) is 3.44. The lowest BCUT2D eigenvalue weighted by atomic mass is 9.69. The minimum Gasteiger partial charge on any atom is -0.457 e. The van der Waals surface area contributed by atoms with Gasteiger partial charge in [-0.25, -0.2) is 0 Å². The van der Waals surface area contributed by atoms with Crippen molar-refractivity contribution >= 4 is 0 Å². The number of ether oxygens (including phenoxy) is 1. The van der Waals surface area contributed by atoms with E-state index in [0.717, 1.165) is 11.5 Å². The number of benzene rings is 3.